The van der Waals surface area contributed by atoms with E-state index < -0.39 is 0 Å². The van der Waals surface area contributed by atoms with E-state index in [9.17, 15) is 0 Å². The Morgan fingerprint density at radius 1 is 0.355 bits per heavy atom. The molecule has 1 atom stereocenters. The zero-order valence-electron chi connectivity index (χ0n) is 22.1. The molecule has 0 amide bonds. The van der Waals surface area contributed by atoms with Gasteiger partial charge in [-0.1, -0.05) is 174 Å². The van der Waals surface area contributed by atoms with Crippen LogP contribution >= 0.6 is 0 Å². The fourth-order valence-electron chi connectivity index (χ4n) is 5.00. The lowest BCUT2D eigenvalue weighted by Crippen LogP contribution is -2.02. The summed E-state index contributed by atoms with van der Waals surface area (Å²) in [7, 11) is 0. The Bertz CT molecular complexity index is 301. The molecule has 0 aliphatic rings. The largest absolute Gasteiger partial charge is 0.396 e. The van der Waals surface area contributed by atoms with Gasteiger partial charge in [0.25, 0.3) is 0 Å². The Balaban J connectivity index is 3.78. The lowest BCUT2D eigenvalue weighted by atomic mass is 9.89. The van der Waals surface area contributed by atoms with Crippen LogP contribution < -0.4 is 0 Å². The van der Waals surface area contributed by atoms with E-state index in [4.69, 9.17) is 5.11 Å². The molecule has 1 unspecified atom stereocenters. The van der Waals surface area contributed by atoms with Gasteiger partial charge in [0.15, 0.2) is 0 Å². The molecule has 1 N–H and O–H groups in total. The third kappa shape index (κ3) is 26.1. The second-order valence-electron chi connectivity index (χ2n) is 10.4. The summed E-state index contributed by atoms with van der Waals surface area (Å²) in [5.74, 6) is 0.993. The van der Waals surface area contributed by atoms with Crippen LogP contribution in [0.3, 0.4) is 0 Å². The standard InChI is InChI=1S/C30H62O/c1-3-5-7-9-11-13-14-16-19-23-27-30(28-24-20-17-21-25-29-31)26-22-18-15-12-10-8-6-4-2/h30-31H,3-29H2,1-2H3. The van der Waals surface area contributed by atoms with Gasteiger partial charge in [-0.05, 0) is 12.3 Å². The van der Waals surface area contributed by atoms with Crippen LogP contribution in [0.2, 0.25) is 0 Å². The van der Waals surface area contributed by atoms with E-state index in [1.807, 2.05) is 0 Å². The molecule has 0 aliphatic heterocycles. The summed E-state index contributed by atoms with van der Waals surface area (Å²) in [6, 6.07) is 0. The monoisotopic (exact) mass is 438 g/mol. The number of hydrogen-bond donors (Lipinski definition) is 1. The molecule has 0 bridgehead atoms. The highest BCUT2D eigenvalue weighted by molar-refractivity contribution is 4.62. The molecular weight excluding hydrogens is 376 g/mol. The van der Waals surface area contributed by atoms with Crippen molar-refractivity contribution in [1.29, 1.82) is 0 Å². The molecule has 0 aromatic rings. The Morgan fingerprint density at radius 2 is 0.613 bits per heavy atom. The fourth-order valence-corrected chi connectivity index (χ4v) is 5.00. The van der Waals surface area contributed by atoms with E-state index in [2.05, 4.69) is 13.8 Å². The summed E-state index contributed by atoms with van der Waals surface area (Å²) in [4.78, 5) is 0. The first-order valence-corrected chi connectivity index (χ1v) is 15.0. The molecule has 1 heteroatoms. The Hall–Kier alpha value is -0.0400. The number of unbranched alkanes of at least 4 members (excludes halogenated alkanes) is 20. The van der Waals surface area contributed by atoms with Crippen molar-refractivity contribution in [2.24, 2.45) is 5.92 Å². The number of rotatable bonds is 27. The van der Waals surface area contributed by atoms with Crippen molar-refractivity contribution in [3.8, 4) is 0 Å². The van der Waals surface area contributed by atoms with E-state index in [0.29, 0.717) is 6.61 Å². The molecule has 1 nitrogen and oxygen atoms in total. The van der Waals surface area contributed by atoms with Gasteiger partial charge >= 0.3 is 0 Å². The van der Waals surface area contributed by atoms with Crippen molar-refractivity contribution in [3.63, 3.8) is 0 Å². The van der Waals surface area contributed by atoms with Crippen LogP contribution in [0.4, 0.5) is 0 Å². The summed E-state index contributed by atoms with van der Waals surface area (Å²) < 4.78 is 0. The van der Waals surface area contributed by atoms with Crippen molar-refractivity contribution < 1.29 is 5.11 Å². The fraction of sp³-hybridized carbons (Fsp3) is 1.00. The lowest BCUT2D eigenvalue weighted by molar-refractivity contribution is 0.281. The predicted molar refractivity (Wildman–Crippen MR) is 142 cm³/mol. The van der Waals surface area contributed by atoms with Crippen molar-refractivity contribution in [1.82, 2.24) is 0 Å². The SMILES string of the molecule is CCCCCCCCCCCCC(CCCCCCCO)CCCCCCCCCC. The van der Waals surface area contributed by atoms with Crippen molar-refractivity contribution in [2.45, 2.75) is 181 Å². The average molecular weight is 439 g/mol. The van der Waals surface area contributed by atoms with E-state index >= 15 is 0 Å². The molecule has 188 valence electrons. The van der Waals surface area contributed by atoms with E-state index in [1.54, 1.807) is 0 Å². The second-order valence-corrected chi connectivity index (χ2v) is 10.4. The van der Waals surface area contributed by atoms with E-state index in [0.717, 1.165) is 12.3 Å². The molecule has 0 radical (unpaired) electrons. The first-order chi connectivity index (χ1) is 15.3. The number of aliphatic hydroxyl groups excluding tert-OH is 1. The Morgan fingerprint density at radius 3 is 0.903 bits per heavy atom. The van der Waals surface area contributed by atoms with Crippen molar-refractivity contribution >= 4 is 0 Å². The average Bonchev–Trinajstić information content (AvgIpc) is 2.78. The van der Waals surface area contributed by atoms with Gasteiger partial charge < -0.3 is 5.11 Å². The minimum absolute atomic E-state index is 0.375. The molecule has 0 heterocycles. The molecule has 0 aromatic carbocycles. The van der Waals surface area contributed by atoms with Crippen LogP contribution in [0.1, 0.15) is 181 Å². The summed E-state index contributed by atoms with van der Waals surface area (Å²) >= 11 is 0. The van der Waals surface area contributed by atoms with Gasteiger partial charge in [-0.25, -0.2) is 0 Å². The van der Waals surface area contributed by atoms with Crippen molar-refractivity contribution in [2.75, 3.05) is 6.61 Å². The van der Waals surface area contributed by atoms with Gasteiger partial charge in [0.2, 0.25) is 0 Å². The molecule has 0 aliphatic carbocycles. The van der Waals surface area contributed by atoms with Gasteiger partial charge in [0, 0.05) is 6.61 Å². The molecule has 31 heavy (non-hydrogen) atoms. The Kier molecular flexibility index (Phi) is 28.0. The number of hydrogen-bond acceptors (Lipinski definition) is 1. The maximum Gasteiger partial charge on any atom is 0.0431 e. The molecule has 0 saturated heterocycles. The van der Waals surface area contributed by atoms with Crippen LogP contribution in [0.25, 0.3) is 0 Å². The lowest BCUT2D eigenvalue weighted by Gasteiger charge is -2.17. The summed E-state index contributed by atoms with van der Waals surface area (Å²) in [5.41, 5.74) is 0. The predicted octanol–water partition coefficient (Wildman–Crippen LogP) is 10.8. The first kappa shape index (κ1) is 31.0. The highest BCUT2D eigenvalue weighted by atomic mass is 16.2. The quantitative estimate of drug-likeness (QED) is 0.126. The third-order valence-electron chi connectivity index (χ3n) is 7.20. The van der Waals surface area contributed by atoms with Gasteiger partial charge in [0.1, 0.15) is 0 Å². The molecule has 0 saturated carbocycles. The van der Waals surface area contributed by atoms with Gasteiger partial charge in [0.05, 0.1) is 0 Å². The van der Waals surface area contributed by atoms with Gasteiger partial charge in [-0.15, -0.1) is 0 Å². The highest BCUT2D eigenvalue weighted by Gasteiger charge is 2.08. The van der Waals surface area contributed by atoms with Crippen LogP contribution in [-0.2, 0) is 0 Å². The van der Waals surface area contributed by atoms with Gasteiger partial charge in [-0.3, -0.25) is 0 Å². The van der Waals surface area contributed by atoms with Crippen molar-refractivity contribution in [3.05, 3.63) is 0 Å². The minimum Gasteiger partial charge on any atom is -0.396 e. The first-order valence-electron chi connectivity index (χ1n) is 15.0. The van der Waals surface area contributed by atoms with E-state index in [1.165, 1.54) is 161 Å². The number of aliphatic hydroxyl groups is 1. The van der Waals surface area contributed by atoms with Gasteiger partial charge in [-0.2, -0.15) is 0 Å². The maximum absolute atomic E-state index is 8.94. The third-order valence-corrected chi connectivity index (χ3v) is 7.20. The molecule has 0 aromatic heterocycles. The molecule has 0 fully saturated rings. The zero-order chi connectivity index (χ0) is 22.7. The minimum atomic E-state index is 0.375. The maximum atomic E-state index is 8.94. The topological polar surface area (TPSA) is 20.2 Å². The smallest absolute Gasteiger partial charge is 0.0431 e. The van der Waals surface area contributed by atoms with E-state index in [-0.39, 0.29) is 0 Å². The zero-order valence-corrected chi connectivity index (χ0v) is 22.1. The van der Waals surface area contributed by atoms with Crippen LogP contribution in [-0.4, -0.2) is 11.7 Å². The summed E-state index contributed by atoms with van der Waals surface area (Å²) in [6.07, 6.45) is 36.9. The molecule has 0 rings (SSSR count). The van der Waals surface area contributed by atoms with Crippen LogP contribution in [0, 0.1) is 5.92 Å². The van der Waals surface area contributed by atoms with Crippen LogP contribution in [0.15, 0.2) is 0 Å². The normalized spacial score (nSPS) is 12.5. The summed E-state index contributed by atoms with van der Waals surface area (Å²) in [6.45, 7) is 4.99. The summed E-state index contributed by atoms with van der Waals surface area (Å²) in [5, 5.41) is 8.94. The second kappa shape index (κ2) is 28.0. The molecule has 0 spiro atoms. The highest BCUT2D eigenvalue weighted by Crippen LogP contribution is 2.25. The van der Waals surface area contributed by atoms with Crippen LogP contribution in [0.5, 0.6) is 0 Å². The molecular formula is C30H62O. The Labute approximate surface area is 198 Å².